The molecule has 0 aromatic carbocycles. The summed E-state index contributed by atoms with van der Waals surface area (Å²) in [6.45, 7) is 4.07. The molecule has 0 spiro atoms. The quantitative estimate of drug-likeness (QED) is 0.558. The zero-order chi connectivity index (χ0) is 7.28. The summed E-state index contributed by atoms with van der Waals surface area (Å²) in [6.07, 6.45) is 0.847. The van der Waals surface area contributed by atoms with Gasteiger partial charge < -0.3 is 11.1 Å². The fourth-order valence-electron chi connectivity index (χ4n) is 0.669. The molecule has 0 saturated carbocycles. The number of nitrogens with one attached hydrogen (secondary N) is 1. The smallest absolute Gasteiger partial charge is 0.217 e. The summed E-state index contributed by atoms with van der Waals surface area (Å²) in [5.74, 6) is 0.0101. The molecule has 9 heavy (non-hydrogen) atoms. The Morgan fingerprint density at radius 1 is 1.78 bits per heavy atom. The summed E-state index contributed by atoms with van der Waals surface area (Å²) in [5, 5.41) is 2.72. The van der Waals surface area contributed by atoms with Crippen LogP contribution in [0.25, 0.3) is 0 Å². The van der Waals surface area contributed by atoms with Gasteiger partial charge in [0.2, 0.25) is 5.91 Å². The molecule has 0 aliphatic rings. The average molecular weight is 130 g/mol. The Hall–Kier alpha value is -0.570. The highest BCUT2D eigenvalue weighted by Gasteiger charge is 1.99. The van der Waals surface area contributed by atoms with E-state index in [1.165, 1.54) is 6.92 Å². The van der Waals surface area contributed by atoms with Crippen molar-refractivity contribution in [3.63, 3.8) is 0 Å². The van der Waals surface area contributed by atoms with Crippen LogP contribution in [0, 0.1) is 0 Å². The van der Waals surface area contributed by atoms with Crippen molar-refractivity contribution in [3.8, 4) is 0 Å². The molecule has 0 aromatic heterocycles. The van der Waals surface area contributed by atoms with Gasteiger partial charge in [0.25, 0.3) is 0 Å². The number of hydrogen-bond donors (Lipinski definition) is 2. The Morgan fingerprint density at radius 3 is 2.67 bits per heavy atom. The second-order valence-corrected chi connectivity index (χ2v) is 2.18. The maximum atomic E-state index is 10.4. The lowest BCUT2D eigenvalue weighted by Crippen LogP contribution is -2.31. The molecule has 0 rings (SSSR count). The van der Waals surface area contributed by atoms with E-state index in [4.69, 9.17) is 5.73 Å². The van der Waals surface area contributed by atoms with Crippen molar-refractivity contribution in [2.75, 3.05) is 6.54 Å². The molecule has 1 amide bonds. The molecule has 0 saturated heterocycles. The molecule has 0 aliphatic heterocycles. The minimum absolute atomic E-state index is 0.0101. The van der Waals surface area contributed by atoms with Gasteiger partial charge in [-0.1, -0.05) is 0 Å². The fourth-order valence-corrected chi connectivity index (χ4v) is 0.669. The van der Waals surface area contributed by atoms with Crippen molar-refractivity contribution in [1.82, 2.24) is 5.32 Å². The first kappa shape index (κ1) is 8.43. The third kappa shape index (κ3) is 5.30. The summed E-state index contributed by atoms with van der Waals surface area (Å²) < 4.78 is 0. The van der Waals surface area contributed by atoms with Crippen molar-refractivity contribution < 1.29 is 4.79 Å². The molecule has 0 radical (unpaired) electrons. The summed E-state index contributed by atoms with van der Waals surface area (Å²) in [7, 11) is 0. The van der Waals surface area contributed by atoms with Crippen molar-refractivity contribution >= 4 is 5.91 Å². The van der Waals surface area contributed by atoms with Crippen LogP contribution < -0.4 is 11.1 Å². The summed E-state index contributed by atoms with van der Waals surface area (Å²) in [5.41, 5.74) is 5.25. The molecule has 3 nitrogen and oxygen atoms in total. The number of hydrogen-bond acceptors (Lipinski definition) is 2. The van der Waals surface area contributed by atoms with E-state index in [1.54, 1.807) is 0 Å². The zero-order valence-corrected chi connectivity index (χ0v) is 5.98. The second kappa shape index (κ2) is 4.32. The lowest BCUT2D eigenvalue weighted by Gasteiger charge is -2.09. The van der Waals surface area contributed by atoms with E-state index < -0.39 is 0 Å². The van der Waals surface area contributed by atoms with Crippen LogP contribution in [0.3, 0.4) is 0 Å². The molecule has 0 aromatic rings. The Morgan fingerprint density at radius 2 is 2.33 bits per heavy atom. The zero-order valence-electron chi connectivity index (χ0n) is 5.98. The number of carbonyl (C=O) groups is 1. The molecular weight excluding hydrogens is 116 g/mol. The number of nitrogens with two attached hydrogens (primary N) is 1. The van der Waals surface area contributed by atoms with Crippen molar-refractivity contribution in [2.24, 2.45) is 5.73 Å². The van der Waals surface area contributed by atoms with Crippen LogP contribution in [-0.2, 0) is 4.79 Å². The van der Waals surface area contributed by atoms with Crippen LogP contribution >= 0.6 is 0 Å². The maximum Gasteiger partial charge on any atom is 0.217 e. The van der Waals surface area contributed by atoms with E-state index >= 15 is 0 Å². The van der Waals surface area contributed by atoms with Crippen LogP contribution in [0.5, 0.6) is 0 Å². The van der Waals surface area contributed by atoms with Crippen LogP contribution in [-0.4, -0.2) is 18.5 Å². The second-order valence-electron chi connectivity index (χ2n) is 2.18. The Kier molecular flexibility index (Phi) is 4.05. The normalized spacial score (nSPS) is 12.8. The first-order valence-corrected chi connectivity index (χ1v) is 3.14. The first-order chi connectivity index (χ1) is 4.16. The molecule has 1 unspecified atom stereocenters. The van der Waals surface area contributed by atoms with Gasteiger partial charge in [-0.15, -0.1) is 0 Å². The Bertz CT molecular complexity index is 93.1. The molecular formula is C6H14N2O. The van der Waals surface area contributed by atoms with Gasteiger partial charge in [-0.05, 0) is 19.9 Å². The lowest BCUT2D eigenvalue weighted by atomic mass is 10.2. The summed E-state index contributed by atoms with van der Waals surface area (Å²) in [6, 6.07) is 0.215. The van der Waals surface area contributed by atoms with Gasteiger partial charge in [0.05, 0.1) is 0 Å². The Labute approximate surface area is 55.6 Å². The van der Waals surface area contributed by atoms with Gasteiger partial charge in [-0.25, -0.2) is 0 Å². The monoisotopic (exact) mass is 130 g/mol. The van der Waals surface area contributed by atoms with Crippen LogP contribution in [0.1, 0.15) is 20.3 Å². The number of amides is 1. The molecule has 0 heterocycles. The van der Waals surface area contributed by atoms with Gasteiger partial charge in [-0.3, -0.25) is 4.79 Å². The number of rotatable bonds is 3. The van der Waals surface area contributed by atoms with Crippen LogP contribution in [0.2, 0.25) is 0 Å². The topological polar surface area (TPSA) is 55.1 Å². The largest absolute Gasteiger partial charge is 0.354 e. The standard InChI is InChI=1S/C6H14N2O/c1-5(3-4-7)8-6(2)9/h5H,3-4,7H2,1-2H3,(H,8,9). The third-order valence-corrected chi connectivity index (χ3v) is 1.05. The lowest BCUT2D eigenvalue weighted by molar-refractivity contribution is -0.119. The molecule has 3 N–H and O–H groups in total. The molecule has 1 atom stereocenters. The highest BCUT2D eigenvalue weighted by molar-refractivity contribution is 5.73. The predicted octanol–water partition coefficient (Wildman–Crippen LogP) is -0.140. The van der Waals surface area contributed by atoms with Crippen molar-refractivity contribution in [3.05, 3.63) is 0 Å². The van der Waals surface area contributed by atoms with Gasteiger partial charge in [-0.2, -0.15) is 0 Å². The Balaban J connectivity index is 3.26. The van der Waals surface area contributed by atoms with E-state index in [0.29, 0.717) is 6.54 Å². The predicted molar refractivity (Wildman–Crippen MR) is 37.0 cm³/mol. The van der Waals surface area contributed by atoms with Gasteiger partial charge in [0.15, 0.2) is 0 Å². The first-order valence-electron chi connectivity index (χ1n) is 3.14. The van der Waals surface area contributed by atoms with Gasteiger partial charge in [0.1, 0.15) is 0 Å². The van der Waals surface area contributed by atoms with E-state index in [9.17, 15) is 4.79 Å². The fraction of sp³-hybridized carbons (Fsp3) is 0.833. The minimum atomic E-state index is 0.0101. The third-order valence-electron chi connectivity index (χ3n) is 1.05. The molecule has 54 valence electrons. The van der Waals surface area contributed by atoms with Crippen molar-refractivity contribution in [2.45, 2.75) is 26.3 Å². The minimum Gasteiger partial charge on any atom is -0.354 e. The van der Waals surface area contributed by atoms with Crippen LogP contribution in [0.15, 0.2) is 0 Å². The molecule has 0 fully saturated rings. The molecule has 3 heteroatoms. The summed E-state index contributed by atoms with van der Waals surface area (Å²) in [4.78, 5) is 10.4. The highest BCUT2D eigenvalue weighted by atomic mass is 16.1. The van der Waals surface area contributed by atoms with E-state index in [1.807, 2.05) is 6.92 Å². The maximum absolute atomic E-state index is 10.4. The number of carbonyl (C=O) groups excluding carboxylic acids is 1. The SMILES string of the molecule is CC(=O)NC(C)CCN. The van der Waals surface area contributed by atoms with E-state index in [0.717, 1.165) is 6.42 Å². The highest BCUT2D eigenvalue weighted by Crippen LogP contribution is 1.85. The summed E-state index contributed by atoms with van der Waals surface area (Å²) >= 11 is 0. The average Bonchev–Trinajstić information content (AvgIpc) is 1.63. The van der Waals surface area contributed by atoms with Gasteiger partial charge in [0, 0.05) is 13.0 Å². The van der Waals surface area contributed by atoms with E-state index in [-0.39, 0.29) is 11.9 Å². The molecule has 0 bridgehead atoms. The van der Waals surface area contributed by atoms with Crippen molar-refractivity contribution in [1.29, 1.82) is 0 Å². The van der Waals surface area contributed by atoms with Gasteiger partial charge >= 0.3 is 0 Å². The molecule has 0 aliphatic carbocycles. The van der Waals surface area contributed by atoms with Crippen LogP contribution in [0.4, 0.5) is 0 Å². The van der Waals surface area contributed by atoms with E-state index in [2.05, 4.69) is 5.32 Å².